The Hall–Kier alpha value is -2.99. The van der Waals surface area contributed by atoms with Gasteiger partial charge in [-0.2, -0.15) is 0 Å². The fourth-order valence-corrected chi connectivity index (χ4v) is 2.71. The molecule has 0 aliphatic rings. The van der Waals surface area contributed by atoms with Gasteiger partial charge in [0.25, 0.3) is 5.91 Å². The van der Waals surface area contributed by atoms with Crippen LogP contribution in [0.4, 0.5) is 0 Å². The van der Waals surface area contributed by atoms with Gasteiger partial charge in [-0.15, -0.1) is 5.10 Å². The van der Waals surface area contributed by atoms with E-state index in [4.69, 9.17) is 4.74 Å². The molecular weight excluding hydrogens is 352 g/mol. The van der Waals surface area contributed by atoms with Crippen molar-refractivity contribution >= 4 is 5.91 Å². The summed E-state index contributed by atoms with van der Waals surface area (Å²) in [6, 6.07) is 19.4. The monoisotopic (exact) mass is 378 g/mol. The van der Waals surface area contributed by atoms with Crippen LogP contribution in [-0.4, -0.2) is 40.4 Å². The Morgan fingerprint density at radius 2 is 1.75 bits per heavy atom. The molecule has 0 spiro atoms. The van der Waals surface area contributed by atoms with Gasteiger partial charge in [-0.1, -0.05) is 62.4 Å². The number of carbonyl (C=O) groups excluding carboxylic acids is 1. The van der Waals surface area contributed by atoms with Crippen LogP contribution >= 0.6 is 0 Å². The highest BCUT2D eigenvalue weighted by atomic mass is 16.5. The molecule has 146 valence electrons. The van der Waals surface area contributed by atoms with Crippen LogP contribution in [0.5, 0.6) is 0 Å². The molecule has 6 nitrogen and oxygen atoms in total. The smallest absolute Gasteiger partial charge is 0.290 e. The summed E-state index contributed by atoms with van der Waals surface area (Å²) in [4.78, 5) is 17.0. The summed E-state index contributed by atoms with van der Waals surface area (Å²) in [6.07, 6.45) is 0.753. The minimum Gasteiger partial charge on any atom is -0.381 e. The van der Waals surface area contributed by atoms with Gasteiger partial charge in [-0.3, -0.25) is 4.79 Å². The fraction of sp³-hybridized carbons (Fsp3) is 0.318. The van der Waals surface area contributed by atoms with Gasteiger partial charge in [0.15, 0.2) is 5.82 Å². The molecule has 6 heteroatoms. The molecule has 3 aromatic rings. The molecule has 0 unspecified atom stereocenters. The van der Waals surface area contributed by atoms with Crippen LogP contribution in [0.2, 0.25) is 0 Å². The summed E-state index contributed by atoms with van der Waals surface area (Å²) in [5.41, 5.74) is 1.76. The minimum atomic E-state index is -0.282. The highest BCUT2D eigenvalue weighted by molar-refractivity contribution is 5.91. The Bertz CT molecular complexity index is 819. The second-order valence-electron chi connectivity index (χ2n) is 6.95. The van der Waals surface area contributed by atoms with Gasteiger partial charge >= 0.3 is 0 Å². The first kappa shape index (κ1) is 19.8. The quantitative estimate of drug-likeness (QED) is 0.576. The lowest BCUT2D eigenvalue weighted by Gasteiger charge is -2.06. The van der Waals surface area contributed by atoms with E-state index in [1.807, 2.05) is 60.7 Å². The van der Waals surface area contributed by atoms with Crippen molar-refractivity contribution in [3.8, 4) is 17.1 Å². The summed E-state index contributed by atoms with van der Waals surface area (Å²) >= 11 is 0. The summed E-state index contributed by atoms with van der Waals surface area (Å²) in [6.45, 7) is 6.11. The number of nitrogens with one attached hydrogen (secondary N) is 1. The largest absolute Gasteiger partial charge is 0.381 e. The van der Waals surface area contributed by atoms with E-state index in [-0.39, 0.29) is 11.7 Å². The molecule has 28 heavy (non-hydrogen) atoms. The van der Waals surface area contributed by atoms with Crippen LogP contribution < -0.4 is 5.32 Å². The van der Waals surface area contributed by atoms with E-state index in [9.17, 15) is 4.79 Å². The summed E-state index contributed by atoms with van der Waals surface area (Å²) in [5, 5.41) is 7.33. The lowest BCUT2D eigenvalue weighted by Crippen LogP contribution is -2.26. The molecule has 0 aliphatic heterocycles. The van der Waals surface area contributed by atoms with E-state index in [1.54, 1.807) is 4.68 Å². The maximum absolute atomic E-state index is 12.5. The van der Waals surface area contributed by atoms with E-state index in [0.29, 0.717) is 24.9 Å². The highest BCUT2D eigenvalue weighted by Crippen LogP contribution is 2.20. The SMILES string of the molecule is CC(C)COCCCNC(=O)c1nc(-c2ccccc2)n(-c2ccccc2)n1. The predicted molar refractivity (Wildman–Crippen MR) is 109 cm³/mol. The maximum atomic E-state index is 12.5. The minimum absolute atomic E-state index is 0.158. The van der Waals surface area contributed by atoms with Gasteiger partial charge in [0.2, 0.25) is 5.82 Å². The molecule has 2 aromatic carbocycles. The maximum Gasteiger partial charge on any atom is 0.290 e. The molecule has 0 fully saturated rings. The van der Waals surface area contributed by atoms with Gasteiger partial charge in [0.1, 0.15) is 0 Å². The lowest BCUT2D eigenvalue weighted by atomic mass is 10.2. The molecular formula is C22H26N4O2. The van der Waals surface area contributed by atoms with E-state index < -0.39 is 0 Å². The average molecular weight is 378 g/mol. The highest BCUT2D eigenvalue weighted by Gasteiger charge is 2.18. The van der Waals surface area contributed by atoms with Crippen LogP contribution in [0.25, 0.3) is 17.1 Å². The van der Waals surface area contributed by atoms with Crippen LogP contribution in [0, 0.1) is 5.92 Å². The molecule has 0 radical (unpaired) electrons. The number of para-hydroxylation sites is 1. The van der Waals surface area contributed by atoms with Crippen LogP contribution in [0.15, 0.2) is 60.7 Å². The number of hydrogen-bond donors (Lipinski definition) is 1. The fourth-order valence-electron chi connectivity index (χ4n) is 2.71. The first-order valence-electron chi connectivity index (χ1n) is 9.59. The molecule has 1 amide bonds. The molecule has 0 saturated heterocycles. The van der Waals surface area contributed by atoms with Crippen molar-refractivity contribution in [1.29, 1.82) is 0 Å². The molecule has 3 rings (SSSR count). The number of hydrogen-bond acceptors (Lipinski definition) is 4. The molecule has 0 bridgehead atoms. The third-order valence-electron chi connectivity index (χ3n) is 4.05. The Morgan fingerprint density at radius 1 is 1.07 bits per heavy atom. The van der Waals surface area contributed by atoms with E-state index >= 15 is 0 Å². The Morgan fingerprint density at radius 3 is 2.43 bits per heavy atom. The van der Waals surface area contributed by atoms with Gasteiger partial charge in [0.05, 0.1) is 5.69 Å². The number of carbonyl (C=O) groups is 1. The van der Waals surface area contributed by atoms with Crippen molar-refractivity contribution in [1.82, 2.24) is 20.1 Å². The van der Waals surface area contributed by atoms with Gasteiger partial charge < -0.3 is 10.1 Å². The van der Waals surface area contributed by atoms with E-state index in [1.165, 1.54) is 0 Å². The molecule has 1 aromatic heterocycles. The molecule has 0 aliphatic carbocycles. The van der Waals surface area contributed by atoms with Crippen LogP contribution in [0.1, 0.15) is 30.9 Å². The third kappa shape index (κ3) is 5.27. The Kier molecular flexibility index (Phi) is 6.92. The van der Waals surface area contributed by atoms with Gasteiger partial charge in [0, 0.05) is 25.3 Å². The first-order chi connectivity index (χ1) is 13.6. The van der Waals surface area contributed by atoms with Crippen LogP contribution in [-0.2, 0) is 4.74 Å². The third-order valence-corrected chi connectivity index (χ3v) is 4.05. The van der Waals surface area contributed by atoms with Crippen molar-refractivity contribution in [2.24, 2.45) is 5.92 Å². The Labute approximate surface area is 165 Å². The average Bonchev–Trinajstić information content (AvgIpc) is 3.17. The van der Waals surface area contributed by atoms with Gasteiger partial charge in [-0.25, -0.2) is 9.67 Å². The zero-order valence-corrected chi connectivity index (χ0v) is 16.3. The van der Waals surface area contributed by atoms with Crippen molar-refractivity contribution in [2.45, 2.75) is 20.3 Å². The number of benzene rings is 2. The number of amides is 1. The molecule has 0 saturated carbocycles. The molecule has 0 atom stereocenters. The predicted octanol–water partition coefficient (Wildman–Crippen LogP) is 3.73. The number of aromatic nitrogens is 3. The summed E-state index contributed by atoms with van der Waals surface area (Å²) in [5.74, 6) is 1.02. The second kappa shape index (κ2) is 9.80. The number of ether oxygens (including phenoxy) is 1. The van der Waals surface area contributed by atoms with Crippen molar-refractivity contribution in [3.63, 3.8) is 0 Å². The van der Waals surface area contributed by atoms with Crippen LogP contribution in [0.3, 0.4) is 0 Å². The number of rotatable bonds is 9. The van der Waals surface area contributed by atoms with Crippen molar-refractivity contribution in [3.05, 3.63) is 66.5 Å². The van der Waals surface area contributed by atoms with Crippen molar-refractivity contribution < 1.29 is 9.53 Å². The summed E-state index contributed by atoms with van der Waals surface area (Å²) < 4.78 is 7.24. The van der Waals surface area contributed by atoms with E-state index in [0.717, 1.165) is 24.3 Å². The Balaban J connectivity index is 1.72. The standard InChI is InChI=1S/C22H26N4O2/c1-17(2)16-28-15-9-14-23-22(27)20-24-21(18-10-5-3-6-11-18)26(25-20)19-12-7-4-8-13-19/h3-8,10-13,17H,9,14-16H2,1-2H3,(H,23,27). The van der Waals surface area contributed by atoms with Crippen molar-refractivity contribution in [2.75, 3.05) is 19.8 Å². The number of nitrogens with zero attached hydrogens (tertiary/aromatic N) is 3. The summed E-state index contributed by atoms with van der Waals surface area (Å²) in [7, 11) is 0. The van der Waals surface area contributed by atoms with Gasteiger partial charge in [-0.05, 0) is 24.5 Å². The normalized spacial score (nSPS) is 11.0. The second-order valence-corrected chi connectivity index (χ2v) is 6.95. The lowest BCUT2D eigenvalue weighted by molar-refractivity contribution is 0.0916. The zero-order valence-electron chi connectivity index (χ0n) is 16.3. The first-order valence-corrected chi connectivity index (χ1v) is 9.59. The topological polar surface area (TPSA) is 69.0 Å². The molecule has 1 heterocycles. The van der Waals surface area contributed by atoms with E-state index in [2.05, 4.69) is 29.2 Å². The zero-order chi connectivity index (χ0) is 19.8. The molecule has 1 N–H and O–H groups in total.